The van der Waals surface area contributed by atoms with E-state index in [-0.39, 0.29) is 18.9 Å². The summed E-state index contributed by atoms with van der Waals surface area (Å²) in [6.45, 7) is 5.23. The lowest BCUT2D eigenvalue weighted by Gasteiger charge is -2.28. The van der Waals surface area contributed by atoms with Crippen LogP contribution in [0.3, 0.4) is 0 Å². The van der Waals surface area contributed by atoms with Crippen LogP contribution in [-0.2, 0) is 43.2 Å². The number of aliphatic hydroxyl groups excluding tert-OH is 1. The van der Waals surface area contributed by atoms with Crippen molar-refractivity contribution in [3.8, 4) is 0 Å². The van der Waals surface area contributed by atoms with Crippen LogP contribution in [-0.4, -0.2) is 125 Å². The van der Waals surface area contributed by atoms with Crippen LogP contribution in [0, 0.1) is 11.8 Å². The summed E-state index contributed by atoms with van der Waals surface area (Å²) in [5.74, 6) is -10.0. The molecule has 21 nitrogen and oxygen atoms in total. The zero-order chi connectivity index (χ0) is 39.4. The summed E-state index contributed by atoms with van der Waals surface area (Å²) in [7, 11) is 0. The Hall–Kier alpha value is -4.89. The first-order chi connectivity index (χ1) is 23.7. The molecule has 6 atom stereocenters. The highest BCUT2D eigenvalue weighted by molar-refractivity contribution is 5.97. The first kappa shape index (κ1) is 46.1. The maximum atomic E-state index is 13.3. The van der Waals surface area contributed by atoms with Crippen LogP contribution in [0.5, 0.6) is 0 Å². The first-order valence-electron chi connectivity index (χ1n) is 16.3. The monoisotopic (exact) mass is 731 g/mol. The van der Waals surface area contributed by atoms with Crippen LogP contribution in [0.15, 0.2) is 0 Å². The molecule has 0 saturated carbocycles. The van der Waals surface area contributed by atoms with Crippen molar-refractivity contribution in [1.82, 2.24) is 31.9 Å². The predicted octanol–water partition coefficient (Wildman–Crippen LogP) is -4.89. The Morgan fingerprint density at radius 3 is 1.71 bits per heavy atom. The number of primary amides is 1. The Kier molecular flexibility index (Phi) is 21.2. The minimum atomic E-state index is -1.72. The lowest BCUT2D eigenvalue weighted by atomic mass is 9.99. The number of rotatable bonds is 25. The first-order valence-corrected chi connectivity index (χ1v) is 16.3. The molecule has 51 heavy (non-hydrogen) atoms. The third-order valence-corrected chi connectivity index (χ3v) is 7.40. The van der Waals surface area contributed by atoms with E-state index in [0.717, 1.165) is 0 Å². The third kappa shape index (κ3) is 18.1. The van der Waals surface area contributed by atoms with E-state index in [2.05, 4.69) is 26.6 Å². The molecule has 15 N–H and O–H groups in total. The van der Waals surface area contributed by atoms with Crippen LogP contribution in [0.25, 0.3) is 0 Å². The smallest absolute Gasteiger partial charge is 0.326 e. The summed E-state index contributed by atoms with van der Waals surface area (Å²) in [4.78, 5) is 111. The number of aliphatic hydroxyl groups is 1. The van der Waals surface area contributed by atoms with Gasteiger partial charge in [0.25, 0.3) is 0 Å². The Morgan fingerprint density at radius 1 is 0.647 bits per heavy atom. The van der Waals surface area contributed by atoms with E-state index >= 15 is 0 Å². The normalized spacial score (nSPS) is 14.5. The summed E-state index contributed by atoms with van der Waals surface area (Å²) in [5.41, 5.74) is 16.7. The van der Waals surface area contributed by atoms with Gasteiger partial charge in [-0.3, -0.25) is 38.4 Å². The van der Waals surface area contributed by atoms with Gasteiger partial charge >= 0.3 is 11.9 Å². The van der Waals surface area contributed by atoms with Gasteiger partial charge < -0.3 is 64.4 Å². The van der Waals surface area contributed by atoms with Crippen molar-refractivity contribution in [2.75, 3.05) is 19.7 Å². The quantitative estimate of drug-likeness (QED) is 0.0392. The Morgan fingerprint density at radius 2 is 1.22 bits per heavy atom. The maximum absolute atomic E-state index is 13.3. The fourth-order valence-corrected chi connectivity index (χ4v) is 4.32. The molecule has 290 valence electrons. The maximum Gasteiger partial charge on any atom is 0.326 e. The summed E-state index contributed by atoms with van der Waals surface area (Å²) >= 11 is 0. The molecule has 0 aliphatic heterocycles. The van der Waals surface area contributed by atoms with Crippen LogP contribution >= 0.6 is 0 Å². The second-order valence-corrected chi connectivity index (χ2v) is 12.4. The molecule has 0 unspecified atom stereocenters. The van der Waals surface area contributed by atoms with E-state index < -0.39 is 128 Å². The average Bonchev–Trinajstić information content (AvgIpc) is 3.04. The van der Waals surface area contributed by atoms with Crippen molar-refractivity contribution in [2.24, 2.45) is 29.0 Å². The molecule has 0 rings (SSSR count). The largest absolute Gasteiger partial charge is 0.481 e. The van der Waals surface area contributed by atoms with Crippen molar-refractivity contribution in [3.05, 3.63) is 0 Å². The Balaban J connectivity index is 5.76. The number of hydrogen-bond acceptors (Lipinski definition) is 12. The summed E-state index contributed by atoms with van der Waals surface area (Å²) in [6, 6.07) is -8.27. The molecule has 7 amide bonds. The van der Waals surface area contributed by atoms with Gasteiger partial charge in [-0.2, -0.15) is 0 Å². The van der Waals surface area contributed by atoms with Crippen molar-refractivity contribution in [3.63, 3.8) is 0 Å². The Bertz CT molecular complexity index is 1250. The third-order valence-electron chi connectivity index (χ3n) is 7.40. The molecule has 0 aliphatic carbocycles. The van der Waals surface area contributed by atoms with Crippen LogP contribution in [0.2, 0.25) is 0 Å². The molecule has 0 aliphatic rings. The van der Waals surface area contributed by atoms with E-state index in [9.17, 15) is 53.4 Å². The molecule has 0 aromatic carbocycles. The number of hydrogen-bond donors (Lipinski definition) is 12. The van der Waals surface area contributed by atoms with Crippen LogP contribution in [0.1, 0.15) is 66.2 Å². The lowest BCUT2D eigenvalue weighted by Crippen LogP contribution is -2.60. The fraction of sp³-hybridized carbons (Fsp3) is 0.700. The van der Waals surface area contributed by atoms with Crippen LogP contribution in [0.4, 0.5) is 0 Å². The molecule has 0 radical (unpaired) electrons. The predicted molar refractivity (Wildman–Crippen MR) is 179 cm³/mol. The molecular formula is C30H53N9O12. The van der Waals surface area contributed by atoms with E-state index in [1.807, 2.05) is 5.32 Å². The molecule has 0 aromatic rings. The van der Waals surface area contributed by atoms with Gasteiger partial charge in [0.2, 0.25) is 41.4 Å². The number of carboxylic acids is 2. The van der Waals surface area contributed by atoms with E-state index in [1.165, 1.54) is 0 Å². The number of carboxylic acid groups (broad SMARTS) is 2. The van der Waals surface area contributed by atoms with E-state index in [4.69, 9.17) is 22.3 Å². The van der Waals surface area contributed by atoms with Gasteiger partial charge in [-0.15, -0.1) is 0 Å². The number of carbonyl (C=O) groups excluding carboxylic acids is 7. The average molecular weight is 732 g/mol. The van der Waals surface area contributed by atoms with Crippen molar-refractivity contribution in [1.29, 1.82) is 0 Å². The zero-order valence-corrected chi connectivity index (χ0v) is 29.2. The van der Waals surface area contributed by atoms with Gasteiger partial charge in [-0.1, -0.05) is 27.7 Å². The van der Waals surface area contributed by atoms with Crippen LogP contribution < -0.4 is 49.1 Å². The SMILES string of the molecule is CC(C)[C@H](N)C(=O)N[C@H](C(=O)N[C@@H](CCCCN)C(=O)N[C@@H](CO)C(=O)N[C@@H](CC(N)=O)C(=O)NCC(=O)N[C@@H](CCC(=O)O)C(=O)O)C(C)C. The number of amides is 7. The molecule has 21 heteroatoms. The second-order valence-electron chi connectivity index (χ2n) is 12.4. The number of nitrogens with two attached hydrogens (primary N) is 3. The fourth-order valence-electron chi connectivity index (χ4n) is 4.32. The minimum absolute atomic E-state index is 0.0482. The van der Waals surface area contributed by atoms with Gasteiger partial charge in [0, 0.05) is 6.42 Å². The van der Waals surface area contributed by atoms with Crippen molar-refractivity contribution < 1.29 is 58.5 Å². The standard InChI is InChI=1S/C30H53N9O12/c1-14(2)23(33)28(48)39-24(15(3)4)29(49)36-16(7-5-6-10-31)26(46)38-19(13-40)27(47)37-18(11-20(32)41)25(45)34-12-21(42)35-17(30(50)51)8-9-22(43)44/h14-19,23-24,40H,5-13,31,33H2,1-4H3,(H2,32,41)(H,34,45)(H,35,42)(H,36,49)(H,37,47)(H,38,46)(H,39,48)(H,43,44)(H,50,51)/t16-,17-,18-,19-,23-,24-/m0/s1. The lowest BCUT2D eigenvalue weighted by molar-refractivity contribution is -0.143. The number of carbonyl (C=O) groups is 9. The summed E-state index contributed by atoms with van der Waals surface area (Å²) in [6.07, 6.45) is -0.918. The molecule has 0 saturated heterocycles. The summed E-state index contributed by atoms with van der Waals surface area (Å²) < 4.78 is 0. The second kappa shape index (κ2) is 23.5. The highest BCUT2D eigenvalue weighted by Gasteiger charge is 2.33. The molecule has 0 fully saturated rings. The van der Waals surface area contributed by atoms with E-state index in [1.54, 1.807) is 27.7 Å². The zero-order valence-electron chi connectivity index (χ0n) is 29.2. The number of nitrogens with one attached hydrogen (secondary N) is 6. The van der Waals surface area contributed by atoms with Crippen molar-refractivity contribution >= 4 is 53.3 Å². The van der Waals surface area contributed by atoms with E-state index in [0.29, 0.717) is 12.8 Å². The minimum Gasteiger partial charge on any atom is -0.481 e. The van der Waals surface area contributed by atoms with Gasteiger partial charge in [-0.05, 0) is 44.1 Å². The molecule has 0 bridgehead atoms. The summed E-state index contributed by atoms with van der Waals surface area (Å²) in [5, 5.41) is 41.6. The molecule has 0 spiro atoms. The van der Waals surface area contributed by atoms with Gasteiger partial charge in [-0.25, -0.2) is 4.79 Å². The van der Waals surface area contributed by atoms with Gasteiger partial charge in [0.15, 0.2) is 0 Å². The highest BCUT2D eigenvalue weighted by atomic mass is 16.4. The van der Waals surface area contributed by atoms with Gasteiger partial charge in [0.1, 0.15) is 30.2 Å². The molecule has 0 heterocycles. The highest BCUT2D eigenvalue weighted by Crippen LogP contribution is 2.08. The number of unbranched alkanes of at least 4 members (excludes halogenated alkanes) is 1. The van der Waals surface area contributed by atoms with Gasteiger partial charge in [0.05, 0.1) is 25.6 Å². The number of aliphatic carboxylic acids is 2. The molecule has 0 aromatic heterocycles. The Labute approximate surface area is 294 Å². The topological polar surface area (TPSA) is 365 Å². The van der Waals surface area contributed by atoms with Crippen molar-refractivity contribution in [2.45, 2.75) is 102 Å². The molecular weight excluding hydrogens is 678 g/mol.